The van der Waals surface area contributed by atoms with Crippen LogP contribution in [0.25, 0.3) is 0 Å². The number of aromatic nitrogens is 1. The van der Waals surface area contributed by atoms with E-state index in [0.717, 1.165) is 5.56 Å². The van der Waals surface area contributed by atoms with E-state index >= 15 is 0 Å². The molecule has 1 aromatic rings. The summed E-state index contributed by atoms with van der Waals surface area (Å²) in [5.74, 6) is 5.12. The van der Waals surface area contributed by atoms with E-state index in [9.17, 15) is 0 Å². The number of halogens is 2. The highest BCUT2D eigenvalue weighted by molar-refractivity contribution is 6.32. The molecule has 0 spiro atoms. The molecule has 3 nitrogen and oxygen atoms in total. The zero-order valence-corrected chi connectivity index (χ0v) is 8.64. The van der Waals surface area contributed by atoms with Gasteiger partial charge in [-0.25, -0.2) is 10.9 Å². The van der Waals surface area contributed by atoms with Crippen molar-refractivity contribution >= 4 is 23.2 Å². The Labute approximate surface area is 86.8 Å². The number of nitrogens with zero attached hydrogens (tertiary/aromatic N) is 1. The highest BCUT2D eigenvalue weighted by atomic mass is 35.5. The Bertz CT molecular complexity index is 273. The first kappa shape index (κ1) is 10.7. The molecule has 1 unspecified atom stereocenters. The Kier molecular flexibility index (Phi) is 3.93. The van der Waals surface area contributed by atoms with Crippen LogP contribution in [0.15, 0.2) is 12.1 Å². The minimum absolute atomic E-state index is 0.156. The van der Waals surface area contributed by atoms with Crippen LogP contribution in [0.5, 0.6) is 0 Å². The third-order valence-corrected chi connectivity index (χ3v) is 2.09. The van der Waals surface area contributed by atoms with Gasteiger partial charge in [0.1, 0.15) is 10.3 Å². The van der Waals surface area contributed by atoms with E-state index in [1.807, 2.05) is 6.92 Å². The largest absolute Gasteiger partial charge is 0.304 e. The maximum absolute atomic E-state index is 5.73. The van der Waals surface area contributed by atoms with Crippen LogP contribution in [-0.2, 0) is 4.84 Å². The third kappa shape index (κ3) is 3.12. The van der Waals surface area contributed by atoms with E-state index in [2.05, 4.69) is 9.82 Å². The van der Waals surface area contributed by atoms with E-state index in [4.69, 9.17) is 29.1 Å². The molecule has 1 rings (SSSR count). The monoisotopic (exact) mass is 220 g/mol. The fraction of sp³-hybridized carbons (Fsp3) is 0.375. The predicted molar refractivity (Wildman–Crippen MR) is 52.8 cm³/mol. The van der Waals surface area contributed by atoms with Crippen LogP contribution in [0, 0.1) is 0 Å². The first-order valence-corrected chi connectivity index (χ1v) is 4.53. The molecule has 1 atom stereocenters. The first-order valence-electron chi connectivity index (χ1n) is 3.78. The van der Waals surface area contributed by atoms with Gasteiger partial charge in [-0.15, -0.1) is 0 Å². The summed E-state index contributed by atoms with van der Waals surface area (Å²) in [6.07, 6.45) is 0. The average Bonchev–Trinajstić information content (AvgIpc) is 2.03. The summed E-state index contributed by atoms with van der Waals surface area (Å²) in [5, 5.41) is 0.762. The minimum Gasteiger partial charge on any atom is -0.304 e. The van der Waals surface area contributed by atoms with Gasteiger partial charge in [0, 0.05) is 5.92 Å². The molecule has 1 aromatic heterocycles. The van der Waals surface area contributed by atoms with E-state index in [1.165, 1.54) is 0 Å². The summed E-state index contributed by atoms with van der Waals surface area (Å²) in [5.41, 5.74) is 0.968. The summed E-state index contributed by atoms with van der Waals surface area (Å²) in [6.45, 7) is 2.39. The lowest BCUT2D eigenvalue weighted by Gasteiger charge is -2.10. The van der Waals surface area contributed by atoms with Crippen molar-refractivity contribution in [1.82, 2.24) is 4.98 Å². The lowest BCUT2D eigenvalue weighted by Crippen LogP contribution is -2.08. The second kappa shape index (κ2) is 4.77. The van der Waals surface area contributed by atoms with E-state index < -0.39 is 0 Å². The predicted octanol–water partition coefficient (Wildman–Crippen LogP) is 2.38. The maximum Gasteiger partial charge on any atom is 0.131 e. The molecule has 0 saturated heterocycles. The Hall–Kier alpha value is -0.350. The summed E-state index contributed by atoms with van der Waals surface area (Å²) in [6, 6.07) is 3.49. The molecule has 2 N–H and O–H groups in total. The zero-order chi connectivity index (χ0) is 9.84. The van der Waals surface area contributed by atoms with E-state index in [0.29, 0.717) is 16.9 Å². The van der Waals surface area contributed by atoms with Crippen LogP contribution < -0.4 is 5.90 Å². The van der Waals surface area contributed by atoms with Gasteiger partial charge in [-0.3, -0.25) is 0 Å². The molecule has 5 heteroatoms. The molecule has 0 aliphatic heterocycles. The summed E-state index contributed by atoms with van der Waals surface area (Å²) in [7, 11) is 0. The molecule has 0 aliphatic carbocycles. The maximum atomic E-state index is 5.73. The number of rotatable bonds is 3. The van der Waals surface area contributed by atoms with Crippen LogP contribution in [0.3, 0.4) is 0 Å². The van der Waals surface area contributed by atoms with Gasteiger partial charge in [0.2, 0.25) is 0 Å². The quantitative estimate of drug-likeness (QED) is 0.629. The van der Waals surface area contributed by atoms with Crippen molar-refractivity contribution in [1.29, 1.82) is 0 Å². The van der Waals surface area contributed by atoms with Crippen molar-refractivity contribution in [3.05, 3.63) is 28.0 Å². The van der Waals surface area contributed by atoms with Crippen LogP contribution in [-0.4, -0.2) is 11.6 Å². The molecule has 0 saturated carbocycles. The average molecular weight is 221 g/mol. The molecule has 0 aliphatic rings. The summed E-state index contributed by atoms with van der Waals surface area (Å²) >= 11 is 11.5. The molecule has 0 fully saturated rings. The molecular weight excluding hydrogens is 211 g/mol. The molecule has 0 radical (unpaired) electrons. The second-order valence-corrected chi connectivity index (χ2v) is 3.55. The summed E-state index contributed by atoms with van der Waals surface area (Å²) in [4.78, 5) is 8.37. The Morgan fingerprint density at radius 1 is 1.46 bits per heavy atom. The number of pyridine rings is 1. The highest BCUT2D eigenvalue weighted by Crippen LogP contribution is 2.21. The molecular formula is C8H10Cl2N2O. The molecule has 0 amide bonds. The third-order valence-electron chi connectivity index (χ3n) is 1.70. The van der Waals surface area contributed by atoms with Gasteiger partial charge in [0.15, 0.2) is 0 Å². The van der Waals surface area contributed by atoms with Crippen molar-refractivity contribution in [3.63, 3.8) is 0 Å². The van der Waals surface area contributed by atoms with Crippen LogP contribution in [0.1, 0.15) is 18.4 Å². The van der Waals surface area contributed by atoms with Crippen molar-refractivity contribution in [2.45, 2.75) is 12.8 Å². The van der Waals surface area contributed by atoms with Gasteiger partial charge in [-0.2, -0.15) is 0 Å². The SMILES string of the molecule is CC(CON)c1cc(Cl)nc(Cl)c1. The molecule has 0 aromatic carbocycles. The topological polar surface area (TPSA) is 48.1 Å². The van der Waals surface area contributed by atoms with Crippen molar-refractivity contribution < 1.29 is 4.84 Å². The van der Waals surface area contributed by atoms with Crippen LogP contribution >= 0.6 is 23.2 Å². The van der Waals surface area contributed by atoms with Gasteiger partial charge in [0.25, 0.3) is 0 Å². The number of hydrogen-bond acceptors (Lipinski definition) is 3. The van der Waals surface area contributed by atoms with Gasteiger partial charge >= 0.3 is 0 Å². The molecule has 0 bridgehead atoms. The number of nitrogens with two attached hydrogens (primary N) is 1. The van der Waals surface area contributed by atoms with Crippen molar-refractivity contribution in [2.24, 2.45) is 5.90 Å². The minimum atomic E-state index is 0.156. The van der Waals surface area contributed by atoms with E-state index in [1.54, 1.807) is 12.1 Å². The Morgan fingerprint density at radius 2 is 2.00 bits per heavy atom. The van der Waals surface area contributed by atoms with Crippen molar-refractivity contribution in [3.8, 4) is 0 Å². The number of hydrogen-bond donors (Lipinski definition) is 1. The molecule has 72 valence electrons. The lowest BCUT2D eigenvalue weighted by molar-refractivity contribution is 0.126. The molecule has 13 heavy (non-hydrogen) atoms. The standard InChI is InChI=1S/C8H10Cl2N2O/c1-5(4-13-11)6-2-7(9)12-8(10)3-6/h2-3,5H,4,11H2,1H3. The fourth-order valence-corrected chi connectivity index (χ4v) is 1.49. The normalized spacial score (nSPS) is 12.9. The highest BCUT2D eigenvalue weighted by Gasteiger charge is 2.07. The first-order chi connectivity index (χ1) is 6.13. The van der Waals surface area contributed by atoms with Gasteiger partial charge in [0.05, 0.1) is 6.61 Å². The van der Waals surface area contributed by atoms with Gasteiger partial charge in [-0.1, -0.05) is 30.1 Å². The summed E-state index contributed by atoms with van der Waals surface area (Å²) < 4.78 is 0. The molecule has 1 heterocycles. The van der Waals surface area contributed by atoms with Gasteiger partial charge < -0.3 is 4.84 Å². The zero-order valence-electron chi connectivity index (χ0n) is 7.13. The Balaban J connectivity index is 2.87. The lowest BCUT2D eigenvalue weighted by atomic mass is 10.0. The van der Waals surface area contributed by atoms with Gasteiger partial charge in [-0.05, 0) is 17.7 Å². The van der Waals surface area contributed by atoms with Crippen LogP contribution in [0.4, 0.5) is 0 Å². The Morgan fingerprint density at radius 3 is 2.46 bits per heavy atom. The van der Waals surface area contributed by atoms with E-state index in [-0.39, 0.29) is 5.92 Å². The second-order valence-electron chi connectivity index (χ2n) is 2.78. The van der Waals surface area contributed by atoms with Crippen LogP contribution in [0.2, 0.25) is 10.3 Å². The fourth-order valence-electron chi connectivity index (χ4n) is 1.01. The smallest absolute Gasteiger partial charge is 0.131 e. The van der Waals surface area contributed by atoms with Crippen molar-refractivity contribution in [2.75, 3.05) is 6.61 Å².